The number of nitrogens with one attached hydrogen (secondary N) is 1. The van der Waals surface area contributed by atoms with Crippen LogP contribution in [0.25, 0.3) is 21.9 Å². The quantitative estimate of drug-likeness (QED) is 0.508. The number of anilines is 1. The van der Waals surface area contributed by atoms with Crippen molar-refractivity contribution in [3.63, 3.8) is 0 Å². The van der Waals surface area contributed by atoms with Crippen molar-refractivity contribution in [2.24, 2.45) is 10.9 Å². The minimum Gasteiger partial charge on any atom is -0.339 e. The Morgan fingerprint density at radius 1 is 1.06 bits per heavy atom. The van der Waals surface area contributed by atoms with E-state index in [1.807, 2.05) is 18.5 Å². The molecule has 0 aliphatic carbocycles. The SMILES string of the molecule is C=C(Nc1cc2cc(-c3cccnc3)ccc2cn1)C1=CCC(C2CCN(C(C)C)CC2)=N1. The number of likely N-dealkylation sites (tertiary alicyclic amines) is 1. The zero-order valence-corrected chi connectivity index (χ0v) is 19.5. The molecule has 0 saturated carbocycles. The first-order valence-electron chi connectivity index (χ1n) is 11.8. The molecule has 0 unspecified atom stereocenters. The van der Waals surface area contributed by atoms with E-state index in [1.54, 1.807) is 6.20 Å². The molecule has 33 heavy (non-hydrogen) atoms. The molecular formula is C28H31N5. The van der Waals surface area contributed by atoms with Crippen LogP contribution < -0.4 is 5.32 Å². The average molecular weight is 438 g/mol. The molecule has 5 rings (SSSR count). The molecule has 2 aliphatic rings. The summed E-state index contributed by atoms with van der Waals surface area (Å²) in [6.45, 7) is 11.1. The molecule has 0 bridgehead atoms. The maximum absolute atomic E-state index is 4.96. The molecule has 0 radical (unpaired) electrons. The van der Waals surface area contributed by atoms with Gasteiger partial charge in [0.1, 0.15) is 5.82 Å². The normalized spacial score (nSPS) is 17.3. The van der Waals surface area contributed by atoms with Crippen LogP contribution in [0.15, 0.2) is 84.0 Å². The average Bonchev–Trinajstić information content (AvgIpc) is 3.35. The standard InChI is InChI=1S/C28H31N5/c1-19(2)33-13-10-21(11-14-33)27-9-8-26(32-27)20(3)31-28-16-25-15-22(6-7-24(25)18-30-28)23-5-4-12-29-17-23/h4-8,12,15-19,21H,3,9-11,13-14H2,1-2H3,(H,30,31). The Hall–Kier alpha value is -3.31. The van der Waals surface area contributed by atoms with E-state index in [0.717, 1.165) is 58.6 Å². The highest BCUT2D eigenvalue weighted by Gasteiger charge is 2.26. The highest BCUT2D eigenvalue weighted by Crippen LogP contribution is 2.29. The lowest BCUT2D eigenvalue weighted by Crippen LogP contribution is -2.40. The summed E-state index contributed by atoms with van der Waals surface area (Å²) in [7, 11) is 0. The Kier molecular flexibility index (Phi) is 6.05. The van der Waals surface area contributed by atoms with Crippen molar-refractivity contribution in [2.75, 3.05) is 18.4 Å². The highest BCUT2D eigenvalue weighted by atomic mass is 15.1. The van der Waals surface area contributed by atoms with Gasteiger partial charge in [0.05, 0.1) is 11.4 Å². The molecule has 0 amide bonds. The van der Waals surface area contributed by atoms with E-state index in [-0.39, 0.29) is 0 Å². The van der Waals surface area contributed by atoms with Crippen molar-refractivity contribution in [2.45, 2.75) is 39.2 Å². The van der Waals surface area contributed by atoms with Gasteiger partial charge in [0.15, 0.2) is 0 Å². The van der Waals surface area contributed by atoms with Gasteiger partial charge in [0.25, 0.3) is 0 Å². The van der Waals surface area contributed by atoms with Crippen LogP contribution in [-0.2, 0) is 0 Å². The lowest BCUT2D eigenvalue weighted by molar-refractivity contribution is 0.169. The van der Waals surface area contributed by atoms with E-state index in [2.05, 4.69) is 77.0 Å². The molecule has 2 aromatic heterocycles. The first-order valence-corrected chi connectivity index (χ1v) is 11.8. The van der Waals surface area contributed by atoms with Gasteiger partial charge in [-0.25, -0.2) is 4.98 Å². The van der Waals surface area contributed by atoms with Crippen LogP contribution >= 0.6 is 0 Å². The summed E-state index contributed by atoms with van der Waals surface area (Å²) in [5, 5.41) is 5.61. The van der Waals surface area contributed by atoms with E-state index in [9.17, 15) is 0 Å². The van der Waals surface area contributed by atoms with Crippen LogP contribution in [0.4, 0.5) is 5.82 Å². The largest absolute Gasteiger partial charge is 0.339 e. The molecule has 1 aromatic carbocycles. The minimum absolute atomic E-state index is 0.589. The van der Waals surface area contributed by atoms with Crippen LogP contribution in [0, 0.1) is 5.92 Å². The topological polar surface area (TPSA) is 53.4 Å². The Balaban J connectivity index is 1.27. The van der Waals surface area contributed by atoms with Crippen LogP contribution in [0.1, 0.15) is 33.1 Å². The van der Waals surface area contributed by atoms with E-state index in [0.29, 0.717) is 12.0 Å². The molecule has 3 aromatic rings. The van der Waals surface area contributed by atoms with E-state index in [4.69, 9.17) is 4.99 Å². The predicted molar refractivity (Wildman–Crippen MR) is 137 cm³/mol. The Bertz CT molecular complexity index is 1220. The van der Waals surface area contributed by atoms with Gasteiger partial charge in [0.2, 0.25) is 0 Å². The van der Waals surface area contributed by atoms with Crippen molar-refractivity contribution < 1.29 is 0 Å². The molecule has 0 spiro atoms. The molecule has 4 heterocycles. The number of piperidine rings is 1. The number of allylic oxidation sites excluding steroid dienone is 1. The van der Waals surface area contributed by atoms with Crippen molar-refractivity contribution in [1.82, 2.24) is 14.9 Å². The Morgan fingerprint density at radius 3 is 2.67 bits per heavy atom. The molecule has 168 valence electrons. The van der Waals surface area contributed by atoms with Crippen molar-refractivity contribution in [1.29, 1.82) is 0 Å². The van der Waals surface area contributed by atoms with Gasteiger partial charge in [0, 0.05) is 53.6 Å². The van der Waals surface area contributed by atoms with Gasteiger partial charge in [-0.3, -0.25) is 9.98 Å². The number of aliphatic imine (C=N–C) groups is 1. The monoisotopic (exact) mass is 437 g/mol. The third-order valence-electron chi connectivity index (χ3n) is 6.80. The van der Waals surface area contributed by atoms with Gasteiger partial charge in [-0.15, -0.1) is 0 Å². The third kappa shape index (κ3) is 4.74. The minimum atomic E-state index is 0.589. The fraction of sp³-hybridized carbons (Fsp3) is 0.321. The van der Waals surface area contributed by atoms with Gasteiger partial charge >= 0.3 is 0 Å². The summed E-state index contributed by atoms with van der Waals surface area (Å²) >= 11 is 0. The molecule has 2 aliphatic heterocycles. The van der Waals surface area contributed by atoms with E-state index < -0.39 is 0 Å². The lowest BCUT2D eigenvalue weighted by Gasteiger charge is -2.34. The second-order valence-electron chi connectivity index (χ2n) is 9.28. The number of rotatable bonds is 6. The van der Waals surface area contributed by atoms with Crippen LogP contribution in [0.5, 0.6) is 0 Å². The van der Waals surface area contributed by atoms with Crippen LogP contribution in [-0.4, -0.2) is 39.7 Å². The number of hydrogen-bond acceptors (Lipinski definition) is 5. The first-order chi connectivity index (χ1) is 16.1. The van der Waals surface area contributed by atoms with Gasteiger partial charge in [-0.05, 0) is 68.9 Å². The fourth-order valence-electron chi connectivity index (χ4n) is 4.79. The zero-order chi connectivity index (χ0) is 22.8. The van der Waals surface area contributed by atoms with Crippen molar-refractivity contribution in [3.8, 4) is 11.1 Å². The van der Waals surface area contributed by atoms with Gasteiger partial charge in [-0.2, -0.15) is 0 Å². The van der Waals surface area contributed by atoms with E-state index in [1.165, 1.54) is 18.6 Å². The van der Waals surface area contributed by atoms with Crippen LogP contribution in [0.3, 0.4) is 0 Å². The van der Waals surface area contributed by atoms with E-state index >= 15 is 0 Å². The molecule has 1 fully saturated rings. The maximum atomic E-state index is 4.96. The van der Waals surface area contributed by atoms with Gasteiger partial charge < -0.3 is 10.2 Å². The van der Waals surface area contributed by atoms with Gasteiger partial charge in [-0.1, -0.05) is 30.9 Å². The van der Waals surface area contributed by atoms with Crippen molar-refractivity contribution in [3.05, 3.63) is 79.0 Å². The number of nitrogens with zero attached hydrogens (tertiary/aromatic N) is 4. The molecule has 1 saturated heterocycles. The second-order valence-corrected chi connectivity index (χ2v) is 9.28. The first kappa shape index (κ1) is 21.5. The summed E-state index contributed by atoms with van der Waals surface area (Å²) in [6, 6.07) is 13.1. The highest BCUT2D eigenvalue weighted by molar-refractivity contribution is 5.92. The summed E-state index contributed by atoms with van der Waals surface area (Å²) in [4.78, 5) is 16.3. The summed E-state index contributed by atoms with van der Waals surface area (Å²) in [5.41, 5.74) is 5.31. The second kappa shape index (κ2) is 9.28. The lowest BCUT2D eigenvalue weighted by atomic mass is 9.90. The molecule has 1 N–H and O–H groups in total. The maximum Gasteiger partial charge on any atom is 0.130 e. The molecule has 5 nitrogen and oxygen atoms in total. The number of aromatic nitrogens is 2. The zero-order valence-electron chi connectivity index (χ0n) is 19.5. The third-order valence-corrected chi connectivity index (χ3v) is 6.80. The van der Waals surface area contributed by atoms with Crippen LogP contribution in [0.2, 0.25) is 0 Å². The summed E-state index contributed by atoms with van der Waals surface area (Å²) in [6.07, 6.45) is 11.1. The number of fused-ring (bicyclic) bond motifs is 1. The smallest absolute Gasteiger partial charge is 0.130 e. The Morgan fingerprint density at radius 2 is 1.91 bits per heavy atom. The molecule has 0 atom stereocenters. The fourth-order valence-corrected chi connectivity index (χ4v) is 4.79. The number of hydrogen-bond donors (Lipinski definition) is 1. The molecular weight excluding hydrogens is 406 g/mol. The Labute approximate surface area is 196 Å². The van der Waals surface area contributed by atoms with Crippen molar-refractivity contribution >= 4 is 22.3 Å². The summed E-state index contributed by atoms with van der Waals surface area (Å²) in [5.74, 6) is 1.37. The molecule has 5 heteroatoms. The predicted octanol–water partition coefficient (Wildman–Crippen LogP) is 6.07. The summed E-state index contributed by atoms with van der Waals surface area (Å²) < 4.78 is 0. The number of pyridine rings is 2. The number of benzene rings is 1.